The predicted molar refractivity (Wildman–Crippen MR) is 67.2 cm³/mol. The standard InChI is InChI=1S/C13H18N2O3/c1-4-15(9-11(16)18-5-2)13(17)12-10(3)7-6-8-14-12/h6-8H,4-5,9H2,1-3H3. The number of hydrogen-bond acceptors (Lipinski definition) is 4. The minimum absolute atomic E-state index is 0.0425. The quantitative estimate of drug-likeness (QED) is 0.741. The van der Waals surface area contributed by atoms with Crippen LogP contribution in [0.15, 0.2) is 18.3 Å². The molecule has 1 amide bonds. The summed E-state index contributed by atoms with van der Waals surface area (Å²) in [6.07, 6.45) is 1.57. The largest absolute Gasteiger partial charge is 0.465 e. The average molecular weight is 250 g/mol. The molecular weight excluding hydrogens is 232 g/mol. The highest BCUT2D eigenvalue weighted by Crippen LogP contribution is 2.07. The van der Waals surface area contributed by atoms with E-state index in [0.29, 0.717) is 18.8 Å². The maximum Gasteiger partial charge on any atom is 0.325 e. The molecule has 1 heterocycles. The highest BCUT2D eigenvalue weighted by Gasteiger charge is 2.20. The van der Waals surface area contributed by atoms with Crippen molar-refractivity contribution in [3.8, 4) is 0 Å². The second-order valence-corrected chi connectivity index (χ2v) is 3.79. The van der Waals surface area contributed by atoms with E-state index in [0.717, 1.165) is 5.56 Å². The molecule has 18 heavy (non-hydrogen) atoms. The molecule has 98 valence electrons. The zero-order chi connectivity index (χ0) is 13.5. The number of rotatable bonds is 5. The summed E-state index contributed by atoms with van der Waals surface area (Å²) in [5, 5.41) is 0. The lowest BCUT2D eigenvalue weighted by Gasteiger charge is -2.19. The molecular formula is C13H18N2O3. The third-order valence-electron chi connectivity index (χ3n) is 2.51. The fourth-order valence-corrected chi connectivity index (χ4v) is 1.55. The van der Waals surface area contributed by atoms with Crippen molar-refractivity contribution < 1.29 is 14.3 Å². The van der Waals surface area contributed by atoms with E-state index < -0.39 is 5.97 Å². The molecule has 0 bridgehead atoms. The molecule has 0 aliphatic rings. The number of esters is 1. The predicted octanol–water partition coefficient (Wildman–Crippen LogP) is 1.42. The fraction of sp³-hybridized carbons (Fsp3) is 0.462. The summed E-state index contributed by atoms with van der Waals surface area (Å²) < 4.78 is 4.84. The first kappa shape index (κ1) is 14.2. The van der Waals surface area contributed by atoms with Gasteiger partial charge >= 0.3 is 5.97 Å². The number of hydrogen-bond donors (Lipinski definition) is 0. The molecule has 1 rings (SSSR count). The lowest BCUT2D eigenvalue weighted by Crippen LogP contribution is -2.37. The van der Waals surface area contributed by atoms with Crippen LogP contribution in [0.4, 0.5) is 0 Å². The summed E-state index contributed by atoms with van der Waals surface area (Å²) in [4.78, 5) is 29.1. The van der Waals surface area contributed by atoms with Gasteiger partial charge in [0.05, 0.1) is 6.61 Å². The molecule has 0 aliphatic heterocycles. The lowest BCUT2D eigenvalue weighted by atomic mass is 10.2. The van der Waals surface area contributed by atoms with Crippen LogP contribution in [0.25, 0.3) is 0 Å². The SMILES string of the molecule is CCOC(=O)CN(CC)C(=O)c1ncccc1C. The second-order valence-electron chi connectivity index (χ2n) is 3.79. The van der Waals surface area contributed by atoms with Gasteiger partial charge in [0.2, 0.25) is 0 Å². The first-order valence-electron chi connectivity index (χ1n) is 5.96. The van der Waals surface area contributed by atoms with Gasteiger partial charge in [0.15, 0.2) is 0 Å². The average Bonchev–Trinajstić information content (AvgIpc) is 2.36. The third-order valence-corrected chi connectivity index (χ3v) is 2.51. The number of likely N-dealkylation sites (N-methyl/N-ethyl adjacent to an activating group) is 1. The molecule has 0 radical (unpaired) electrons. The Labute approximate surface area is 107 Å². The zero-order valence-corrected chi connectivity index (χ0v) is 11.0. The Balaban J connectivity index is 2.80. The van der Waals surface area contributed by atoms with Crippen molar-refractivity contribution in [3.05, 3.63) is 29.6 Å². The van der Waals surface area contributed by atoms with Crippen LogP contribution in [0, 0.1) is 6.92 Å². The van der Waals surface area contributed by atoms with Crippen LogP contribution in [0.5, 0.6) is 0 Å². The van der Waals surface area contributed by atoms with E-state index >= 15 is 0 Å². The molecule has 0 spiro atoms. The summed E-state index contributed by atoms with van der Waals surface area (Å²) in [5.74, 6) is -0.648. The van der Waals surface area contributed by atoms with Crippen LogP contribution < -0.4 is 0 Å². The number of carbonyl (C=O) groups is 2. The van der Waals surface area contributed by atoms with E-state index in [1.165, 1.54) is 4.90 Å². The van der Waals surface area contributed by atoms with Gasteiger partial charge in [-0.3, -0.25) is 14.6 Å². The van der Waals surface area contributed by atoms with Crippen LogP contribution >= 0.6 is 0 Å². The molecule has 0 N–H and O–H groups in total. The van der Waals surface area contributed by atoms with E-state index in [1.54, 1.807) is 19.2 Å². The molecule has 1 aromatic heterocycles. The first-order chi connectivity index (χ1) is 8.60. The van der Waals surface area contributed by atoms with Crippen molar-refractivity contribution >= 4 is 11.9 Å². The Hall–Kier alpha value is -1.91. The molecule has 5 nitrogen and oxygen atoms in total. The highest BCUT2D eigenvalue weighted by atomic mass is 16.5. The maximum atomic E-state index is 12.2. The molecule has 5 heteroatoms. The van der Waals surface area contributed by atoms with Crippen molar-refractivity contribution in [2.45, 2.75) is 20.8 Å². The van der Waals surface area contributed by atoms with Crippen molar-refractivity contribution in [2.75, 3.05) is 19.7 Å². The fourth-order valence-electron chi connectivity index (χ4n) is 1.55. The number of carbonyl (C=O) groups excluding carboxylic acids is 2. The monoisotopic (exact) mass is 250 g/mol. The molecule has 0 fully saturated rings. The van der Waals surface area contributed by atoms with Gasteiger partial charge in [0.25, 0.3) is 5.91 Å². The van der Waals surface area contributed by atoms with E-state index in [2.05, 4.69) is 4.98 Å². The van der Waals surface area contributed by atoms with Gasteiger partial charge in [-0.15, -0.1) is 0 Å². The van der Waals surface area contributed by atoms with Crippen molar-refractivity contribution in [1.82, 2.24) is 9.88 Å². The van der Waals surface area contributed by atoms with Gasteiger partial charge < -0.3 is 9.64 Å². The van der Waals surface area contributed by atoms with Crippen LogP contribution in [-0.2, 0) is 9.53 Å². The number of nitrogens with zero attached hydrogens (tertiary/aromatic N) is 2. The molecule has 1 aromatic rings. The van der Waals surface area contributed by atoms with Gasteiger partial charge in [-0.25, -0.2) is 0 Å². The Morgan fingerprint density at radius 1 is 1.39 bits per heavy atom. The molecule has 0 saturated carbocycles. The van der Waals surface area contributed by atoms with E-state index in [-0.39, 0.29) is 12.5 Å². The number of aryl methyl sites for hydroxylation is 1. The Kier molecular flexibility index (Phi) is 5.30. The van der Waals surface area contributed by atoms with Crippen molar-refractivity contribution in [1.29, 1.82) is 0 Å². The lowest BCUT2D eigenvalue weighted by molar-refractivity contribution is -0.143. The van der Waals surface area contributed by atoms with E-state index in [4.69, 9.17) is 4.74 Å². The summed E-state index contributed by atoms with van der Waals surface area (Å²) in [7, 11) is 0. The molecule has 0 atom stereocenters. The first-order valence-corrected chi connectivity index (χ1v) is 5.96. The number of aromatic nitrogens is 1. The summed E-state index contributed by atoms with van der Waals surface area (Å²) in [6.45, 7) is 6.08. The van der Waals surface area contributed by atoms with Gasteiger partial charge in [0.1, 0.15) is 12.2 Å². The molecule has 0 aliphatic carbocycles. The van der Waals surface area contributed by atoms with Gasteiger partial charge in [-0.2, -0.15) is 0 Å². The second kappa shape index (κ2) is 6.74. The number of ether oxygens (including phenoxy) is 1. The van der Waals surface area contributed by atoms with Crippen molar-refractivity contribution in [2.24, 2.45) is 0 Å². The van der Waals surface area contributed by atoms with Crippen LogP contribution in [0.2, 0.25) is 0 Å². The Morgan fingerprint density at radius 3 is 2.67 bits per heavy atom. The summed E-state index contributed by atoms with van der Waals surface area (Å²) in [6, 6.07) is 3.59. The van der Waals surface area contributed by atoms with Crippen LogP contribution in [0.1, 0.15) is 29.9 Å². The minimum atomic E-state index is -0.402. The normalized spacial score (nSPS) is 9.94. The van der Waals surface area contributed by atoms with E-state index in [1.807, 2.05) is 19.9 Å². The molecule has 0 saturated heterocycles. The number of pyridine rings is 1. The smallest absolute Gasteiger partial charge is 0.325 e. The number of amides is 1. The Morgan fingerprint density at radius 2 is 2.11 bits per heavy atom. The van der Waals surface area contributed by atoms with Gasteiger partial charge in [-0.1, -0.05) is 6.07 Å². The summed E-state index contributed by atoms with van der Waals surface area (Å²) >= 11 is 0. The minimum Gasteiger partial charge on any atom is -0.465 e. The van der Waals surface area contributed by atoms with Crippen LogP contribution in [-0.4, -0.2) is 41.5 Å². The van der Waals surface area contributed by atoms with Gasteiger partial charge in [0, 0.05) is 12.7 Å². The van der Waals surface area contributed by atoms with Gasteiger partial charge in [-0.05, 0) is 32.4 Å². The van der Waals surface area contributed by atoms with Crippen LogP contribution in [0.3, 0.4) is 0 Å². The Bertz CT molecular complexity index is 432. The topological polar surface area (TPSA) is 59.5 Å². The van der Waals surface area contributed by atoms with Crippen molar-refractivity contribution in [3.63, 3.8) is 0 Å². The summed E-state index contributed by atoms with van der Waals surface area (Å²) in [5.41, 5.74) is 1.17. The molecule has 0 aromatic carbocycles. The zero-order valence-electron chi connectivity index (χ0n) is 11.0. The van der Waals surface area contributed by atoms with E-state index in [9.17, 15) is 9.59 Å². The molecule has 0 unspecified atom stereocenters. The maximum absolute atomic E-state index is 12.2. The highest BCUT2D eigenvalue weighted by molar-refractivity contribution is 5.95. The third kappa shape index (κ3) is 3.55.